The summed E-state index contributed by atoms with van der Waals surface area (Å²) in [6.07, 6.45) is 5.04. The van der Waals surface area contributed by atoms with E-state index >= 15 is 0 Å². The molecule has 0 aromatic carbocycles. The number of rotatable bonds is 2. The predicted octanol–water partition coefficient (Wildman–Crippen LogP) is 1.73. The van der Waals surface area contributed by atoms with E-state index in [9.17, 15) is 0 Å². The van der Waals surface area contributed by atoms with Crippen molar-refractivity contribution in [1.29, 1.82) is 0 Å². The highest BCUT2D eigenvalue weighted by Crippen LogP contribution is 2.25. The number of nitrogen functional groups attached to an aromatic ring is 1. The van der Waals surface area contributed by atoms with E-state index in [0.29, 0.717) is 11.6 Å². The Morgan fingerprint density at radius 2 is 2.20 bits per heavy atom. The fourth-order valence-corrected chi connectivity index (χ4v) is 1.34. The Bertz CT molecular complexity index is 471. The normalized spacial score (nSPS) is 9.93. The zero-order chi connectivity index (χ0) is 10.7. The van der Waals surface area contributed by atoms with E-state index in [4.69, 9.17) is 10.5 Å². The van der Waals surface area contributed by atoms with Gasteiger partial charge in [-0.2, -0.15) is 0 Å². The van der Waals surface area contributed by atoms with Crippen molar-refractivity contribution in [2.45, 2.75) is 0 Å². The van der Waals surface area contributed by atoms with Crippen LogP contribution in [-0.4, -0.2) is 17.1 Å². The number of methoxy groups -OCH3 is 1. The van der Waals surface area contributed by atoms with Crippen LogP contribution >= 0.6 is 0 Å². The minimum atomic E-state index is 0.493. The molecule has 0 amide bonds. The van der Waals surface area contributed by atoms with Crippen molar-refractivity contribution < 1.29 is 4.74 Å². The molecule has 0 saturated heterocycles. The van der Waals surface area contributed by atoms with Gasteiger partial charge in [0.25, 0.3) is 0 Å². The third kappa shape index (κ3) is 1.88. The predicted molar refractivity (Wildman–Crippen MR) is 58.4 cm³/mol. The second kappa shape index (κ2) is 3.96. The third-order valence-corrected chi connectivity index (χ3v) is 2.10. The average molecular weight is 201 g/mol. The molecule has 0 aliphatic carbocycles. The molecule has 0 atom stereocenters. The first kappa shape index (κ1) is 9.45. The Balaban J connectivity index is 2.49. The van der Waals surface area contributed by atoms with Crippen molar-refractivity contribution >= 4 is 5.82 Å². The molecule has 0 bridgehead atoms. The van der Waals surface area contributed by atoms with Crippen LogP contribution in [0.5, 0.6) is 5.75 Å². The van der Waals surface area contributed by atoms with Crippen LogP contribution in [0.25, 0.3) is 11.1 Å². The van der Waals surface area contributed by atoms with Gasteiger partial charge in [0.2, 0.25) is 0 Å². The van der Waals surface area contributed by atoms with Crippen molar-refractivity contribution in [2.24, 2.45) is 0 Å². The van der Waals surface area contributed by atoms with Gasteiger partial charge in [-0.15, -0.1) is 0 Å². The lowest BCUT2D eigenvalue weighted by atomic mass is 10.1. The summed E-state index contributed by atoms with van der Waals surface area (Å²) >= 11 is 0. The summed E-state index contributed by atoms with van der Waals surface area (Å²) in [6.45, 7) is 0. The molecule has 0 radical (unpaired) electrons. The molecular weight excluding hydrogens is 190 g/mol. The average Bonchev–Trinajstić information content (AvgIpc) is 2.30. The van der Waals surface area contributed by atoms with Gasteiger partial charge in [0.05, 0.1) is 13.3 Å². The maximum absolute atomic E-state index is 5.76. The molecule has 0 unspecified atom stereocenters. The van der Waals surface area contributed by atoms with Crippen LogP contribution < -0.4 is 10.5 Å². The summed E-state index contributed by atoms with van der Waals surface area (Å²) in [5.74, 6) is 1.20. The molecule has 2 heterocycles. The summed E-state index contributed by atoms with van der Waals surface area (Å²) < 4.78 is 5.09. The number of nitrogens with two attached hydrogens (primary N) is 1. The fraction of sp³-hybridized carbons (Fsp3) is 0.0909. The van der Waals surface area contributed by atoms with Crippen LogP contribution in [0.1, 0.15) is 0 Å². The highest BCUT2D eigenvalue weighted by molar-refractivity contribution is 5.73. The lowest BCUT2D eigenvalue weighted by Gasteiger charge is -2.05. The van der Waals surface area contributed by atoms with Crippen molar-refractivity contribution in [2.75, 3.05) is 12.8 Å². The van der Waals surface area contributed by atoms with Gasteiger partial charge in [0, 0.05) is 23.5 Å². The topological polar surface area (TPSA) is 61.0 Å². The Hall–Kier alpha value is -2.10. The maximum atomic E-state index is 5.76. The molecule has 2 aromatic heterocycles. The summed E-state index contributed by atoms with van der Waals surface area (Å²) in [6, 6.07) is 5.62. The van der Waals surface area contributed by atoms with Crippen LogP contribution in [0.4, 0.5) is 5.82 Å². The highest BCUT2D eigenvalue weighted by Gasteiger charge is 2.03. The smallest absolute Gasteiger partial charge is 0.137 e. The van der Waals surface area contributed by atoms with Crippen molar-refractivity contribution in [1.82, 2.24) is 9.97 Å². The molecule has 0 aliphatic rings. The first-order valence-corrected chi connectivity index (χ1v) is 4.51. The Kier molecular flexibility index (Phi) is 2.49. The Morgan fingerprint density at radius 3 is 2.93 bits per heavy atom. The SMILES string of the molecule is COc1cncc(-c2cccnc2N)c1. The van der Waals surface area contributed by atoms with Gasteiger partial charge < -0.3 is 10.5 Å². The molecule has 2 N–H and O–H groups in total. The fourth-order valence-electron chi connectivity index (χ4n) is 1.34. The lowest BCUT2D eigenvalue weighted by Crippen LogP contribution is -1.94. The monoisotopic (exact) mass is 201 g/mol. The van der Waals surface area contributed by atoms with Gasteiger partial charge in [-0.3, -0.25) is 4.98 Å². The van der Waals surface area contributed by atoms with E-state index in [2.05, 4.69) is 9.97 Å². The second-order valence-electron chi connectivity index (χ2n) is 3.05. The van der Waals surface area contributed by atoms with E-state index in [-0.39, 0.29) is 0 Å². The van der Waals surface area contributed by atoms with Crippen LogP contribution in [0.15, 0.2) is 36.8 Å². The molecule has 0 saturated carbocycles. The summed E-state index contributed by atoms with van der Waals surface area (Å²) in [7, 11) is 1.60. The van der Waals surface area contributed by atoms with Crippen LogP contribution in [0.2, 0.25) is 0 Å². The van der Waals surface area contributed by atoms with E-state index in [1.807, 2.05) is 18.2 Å². The molecule has 0 spiro atoms. The standard InChI is InChI=1S/C11H11N3O/c1-15-9-5-8(6-13-7-9)10-3-2-4-14-11(10)12/h2-7H,1H3,(H2,12,14). The quantitative estimate of drug-likeness (QED) is 0.803. The molecule has 4 heteroatoms. The van der Waals surface area contributed by atoms with Crippen molar-refractivity contribution in [3.63, 3.8) is 0 Å². The molecule has 4 nitrogen and oxygen atoms in total. The largest absolute Gasteiger partial charge is 0.495 e. The van der Waals surface area contributed by atoms with Gasteiger partial charge in [-0.05, 0) is 18.2 Å². The van der Waals surface area contributed by atoms with Gasteiger partial charge in [0.15, 0.2) is 0 Å². The number of anilines is 1. The number of hydrogen-bond acceptors (Lipinski definition) is 4. The second-order valence-corrected chi connectivity index (χ2v) is 3.05. The number of pyridine rings is 2. The van der Waals surface area contributed by atoms with Gasteiger partial charge in [-0.25, -0.2) is 4.98 Å². The molecule has 76 valence electrons. The third-order valence-electron chi connectivity index (χ3n) is 2.10. The molecule has 2 rings (SSSR count). The Labute approximate surface area is 87.7 Å². The van der Waals surface area contributed by atoms with Crippen LogP contribution in [0, 0.1) is 0 Å². The molecule has 2 aromatic rings. The van der Waals surface area contributed by atoms with Crippen LogP contribution in [0.3, 0.4) is 0 Å². The van der Waals surface area contributed by atoms with Gasteiger partial charge in [-0.1, -0.05) is 0 Å². The lowest BCUT2D eigenvalue weighted by molar-refractivity contribution is 0.413. The Morgan fingerprint density at radius 1 is 1.33 bits per heavy atom. The first-order valence-electron chi connectivity index (χ1n) is 4.51. The van der Waals surface area contributed by atoms with E-state index in [0.717, 1.165) is 11.1 Å². The number of hydrogen-bond donors (Lipinski definition) is 1. The summed E-state index contributed by atoms with van der Waals surface area (Å²) in [5, 5.41) is 0. The minimum Gasteiger partial charge on any atom is -0.495 e. The number of nitrogens with zero attached hydrogens (tertiary/aromatic N) is 2. The molecule has 0 fully saturated rings. The van der Waals surface area contributed by atoms with Gasteiger partial charge in [0.1, 0.15) is 11.6 Å². The number of ether oxygens (including phenoxy) is 1. The maximum Gasteiger partial charge on any atom is 0.137 e. The van der Waals surface area contributed by atoms with E-state index in [1.165, 1.54) is 0 Å². The highest BCUT2D eigenvalue weighted by atomic mass is 16.5. The van der Waals surface area contributed by atoms with Gasteiger partial charge >= 0.3 is 0 Å². The van der Waals surface area contributed by atoms with Crippen molar-refractivity contribution in [3.8, 4) is 16.9 Å². The van der Waals surface area contributed by atoms with E-state index in [1.54, 1.807) is 25.7 Å². The zero-order valence-electron chi connectivity index (χ0n) is 8.34. The molecular formula is C11H11N3O. The number of aromatic nitrogens is 2. The molecule has 15 heavy (non-hydrogen) atoms. The summed E-state index contributed by atoms with van der Waals surface area (Å²) in [5.41, 5.74) is 7.53. The van der Waals surface area contributed by atoms with Crippen LogP contribution in [-0.2, 0) is 0 Å². The van der Waals surface area contributed by atoms with Crippen molar-refractivity contribution in [3.05, 3.63) is 36.8 Å². The molecule has 0 aliphatic heterocycles. The van der Waals surface area contributed by atoms with E-state index < -0.39 is 0 Å². The first-order chi connectivity index (χ1) is 7.31. The minimum absolute atomic E-state index is 0.493. The summed E-state index contributed by atoms with van der Waals surface area (Å²) in [4.78, 5) is 8.08. The zero-order valence-corrected chi connectivity index (χ0v) is 8.34.